The van der Waals surface area contributed by atoms with E-state index in [4.69, 9.17) is 11.6 Å². The Hall–Kier alpha value is -2.19. The Bertz CT molecular complexity index is 1230. The van der Waals surface area contributed by atoms with Crippen LogP contribution in [0.15, 0.2) is 58.2 Å². The molecule has 8 heteroatoms. The van der Waals surface area contributed by atoms with Crippen LogP contribution < -0.4 is 5.56 Å². The molecule has 1 N–H and O–H groups in total. The van der Waals surface area contributed by atoms with E-state index in [1.165, 1.54) is 4.31 Å². The molecule has 1 aliphatic rings. The van der Waals surface area contributed by atoms with E-state index in [1.807, 2.05) is 13.1 Å². The standard InChI is InChI=1S/C22H24ClN3O3S/c1-25-12-10-16(11-13-25)26(2)30(28,29)17-8-6-15(7-9-17)21-14-19-18(22(27)24-21)4-3-5-20(19)23/h3-9,14,16H,10-13H2,1-2H3,(H,24,27). The highest BCUT2D eigenvalue weighted by Crippen LogP contribution is 2.27. The number of nitrogens with one attached hydrogen (secondary N) is 1. The average molecular weight is 446 g/mol. The van der Waals surface area contributed by atoms with Crippen molar-refractivity contribution < 1.29 is 8.42 Å². The summed E-state index contributed by atoms with van der Waals surface area (Å²) in [6.07, 6.45) is 1.65. The largest absolute Gasteiger partial charge is 0.321 e. The second kappa shape index (κ2) is 8.15. The molecule has 1 fully saturated rings. The summed E-state index contributed by atoms with van der Waals surface area (Å²) in [6.45, 7) is 1.78. The van der Waals surface area contributed by atoms with E-state index in [0.29, 0.717) is 21.5 Å². The number of aromatic nitrogens is 1. The van der Waals surface area contributed by atoms with Crippen LogP contribution in [0.1, 0.15) is 12.8 Å². The lowest BCUT2D eigenvalue weighted by Crippen LogP contribution is -2.44. The van der Waals surface area contributed by atoms with E-state index >= 15 is 0 Å². The Kier molecular flexibility index (Phi) is 5.72. The molecule has 2 heterocycles. The summed E-state index contributed by atoms with van der Waals surface area (Å²) in [5.74, 6) is 0. The van der Waals surface area contributed by atoms with Gasteiger partial charge in [0.15, 0.2) is 0 Å². The number of hydrogen-bond donors (Lipinski definition) is 1. The molecule has 2 aromatic carbocycles. The molecule has 158 valence electrons. The molecule has 0 amide bonds. The zero-order valence-corrected chi connectivity index (χ0v) is 18.5. The van der Waals surface area contributed by atoms with E-state index in [2.05, 4.69) is 9.88 Å². The summed E-state index contributed by atoms with van der Waals surface area (Å²) in [4.78, 5) is 17.7. The van der Waals surface area contributed by atoms with Crippen molar-refractivity contribution in [1.82, 2.24) is 14.2 Å². The third-order valence-electron chi connectivity index (χ3n) is 5.88. The fourth-order valence-corrected chi connectivity index (χ4v) is 5.58. The maximum atomic E-state index is 13.1. The minimum atomic E-state index is -3.58. The Morgan fingerprint density at radius 3 is 2.40 bits per heavy atom. The van der Waals surface area contributed by atoms with Crippen LogP contribution >= 0.6 is 11.6 Å². The predicted molar refractivity (Wildman–Crippen MR) is 120 cm³/mol. The highest BCUT2D eigenvalue weighted by molar-refractivity contribution is 7.89. The monoisotopic (exact) mass is 445 g/mol. The van der Waals surface area contributed by atoms with Crippen molar-refractivity contribution in [3.05, 3.63) is 63.9 Å². The van der Waals surface area contributed by atoms with Gasteiger partial charge < -0.3 is 9.88 Å². The number of halogens is 1. The van der Waals surface area contributed by atoms with E-state index in [0.717, 1.165) is 31.5 Å². The molecule has 1 aliphatic heterocycles. The number of sulfonamides is 1. The second-order valence-electron chi connectivity index (χ2n) is 7.79. The number of hydrogen-bond acceptors (Lipinski definition) is 4. The number of pyridine rings is 1. The van der Waals surface area contributed by atoms with Crippen LogP contribution in [0.4, 0.5) is 0 Å². The zero-order chi connectivity index (χ0) is 21.5. The fraction of sp³-hybridized carbons (Fsp3) is 0.318. The summed E-state index contributed by atoms with van der Waals surface area (Å²) in [6, 6.07) is 13.6. The zero-order valence-electron chi connectivity index (χ0n) is 16.9. The SMILES string of the molecule is CN1CCC(N(C)S(=O)(=O)c2ccc(-c3cc4c(Cl)cccc4c(=O)[nH]3)cc2)CC1. The third kappa shape index (κ3) is 3.90. The summed E-state index contributed by atoms with van der Waals surface area (Å²) >= 11 is 6.25. The number of aromatic amines is 1. The minimum Gasteiger partial charge on any atom is -0.321 e. The molecule has 1 aromatic heterocycles. The highest BCUT2D eigenvalue weighted by atomic mass is 35.5. The number of piperidine rings is 1. The topological polar surface area (TPSA) is 73.5 Å². The summed E-state index contributed by atoms with van der Waals surface area (Å²) < 4.78 is 27.6. The highest BCUT2D eigenvalue weighted by Gasteiger charge is 2.30. The van der Waals surface area contributed by atoms with Crippen LogP contribution in [0.3, 0.4) is 0 Å². The summed E-state index contributed by atoms with van der Waals surface area (Å²) in [5.41, 5.74) is 1.08. The lowest BCUT2D eigenvalue weighted by molar-refractivity contribution is 0.197. The van der Waals surface area contributed by atoms with E-state index in [9.17, 15) is 13.2 Å². The Balaban J connectivity index is 1.64. The first-order chi connectivity index (χ1) is 14.3. The molecule has 30 heavy (non-hydrogen) atoms. The van der Waals surface area contributed by atoms with Crippen molar-refractivity contribution in [1.29, 1.82) is 0 Å². The van der Waals surface area contributed by atoms with Gasteiger partial charge in [0, 0.05) is 34.6 Å². The Morgan fingerprint density at radius 2 is 1.73 bits per heavy atom. The number of rotatable bonds is 4. The van der Waals surface area contributed by atoms with Crippen molar-refractivity contribution in [2.75, 3.05) is 27.2 Å². The smallest absolute Gasteiger partial charge is 0.256 e. The van der Waals surface area contributed by atoms with Crippen LogP contribution in [0.25, 0.3) is 22.0 Å². The molecule has 0 spiro atoms. The van der Waals surface area contributed by atoms with Gasteiger partial charge in [-0.1, -0.05) is 29.8 Å². The van der Waals surface area contributed by atoms with Gasteiger partial charge in [-0.25, -0.2) is 8.42 Å². The molecule has 0 aliphatic carbocycles. The number of benzene rings is 2. The molecule has 0 saturated carbocycles. The molecule has 3 aromatic rings. The molecule has 1 saturated heterocycles. The van der Waals surface area contributed by atoms with Crippen molar-refractivity contribution in [2.24, 2.45) is 0 Å². The first kappa shape index (κ1) is 21.1. The van der Waals surface area contributed by atoms with E-state index in [-0.39, 0.29) is 16.5 Å². The second-order valence-corrected chi connectivity index (χ2v) is 10.2. The van der Waals surface area contributed by atoms with Gasteiger partial charge in [0.2, 0.25) is 10.0 Å². The molecule has 0 radical (unpaired) electrons. The molecule has 0 bridgehead atoms. The number of nitrogens with zero attached hydrogens (tertiary/aromatic N) is 2. The average Bonchev–Trinajstić information content (AvgIpc) is 2.74. The Labute approximate surface area is 181 Å². The van der Waals surface area contributed by atoms with Gasteiger partial charge >= 0.3 is 0 Å². The van der Waals surface area contributed by atoms with Crippen molar-refractivity contribution >= 4 is 32.4 Å². The van der Waals surface area contributed by atoms with Crippen LogP contribution in [0.2, 0.25) is 5.02 Å². The number of fused-ring (bicyclic) bond motifs is 1. The van der Waals surface area contributed by atoms with Gasteiger partial charge in [0.05, 0.1) is 4.90 Å². The van der Waals surface area contributed by atoms with Crippen molar-refractivity contribution in [2.45, 2.75) is 23.8 Å². The van der Waals surface area contributed by atoms with Gasteiger partial charge in [0.1, 0.15) is 0 Å². The molecule has 4 rings (SSSR count). The van der Waals surface area contributed by atoms with Gasteiger partial charge in [-0.3, -0.25) is 4.79 Å². The lowest BCUT2D eigenvalue weighted by atomic mass is 10.1. The molecule has 0 unspecified atom stereocenters. The van der Waals surface area contributed by atoms with Gasteiger partial charge in [-0.15, -0.1) is 0 Å². The van der Waals surface area contributed by atoms with Crippen LogP contribution in [-0.4, -0.2) is 55.8 Å². The Morgan fingerprint density at radius 1 is 1.07 bits per heavy atom. The minimum absolute atomic E-state index is 0.00450. The lowest BCUT2D eigenvalue weighted by Gasteiger charge is -2.34. The summed E-state index contributed by atoms with van der Waals surface area (Å²) in [7, 11) is 0.121. The third-order valence-corrected chi connectivity index (χ3v) is 8.13. The molecular formula is C22H24ClN3O3S. The quantitative estimate of drug-likeness (QED) is 0.666. The summed E-state index contributed by atoms with van der Waals surface area (Å²) in [5, 5.41) is 1.68. The van der Waals surface area contributed by atoms with Crippen molar-refractivity contribution in [3.63, 3.8) is 0 Å². The van der Waals surface area contributed by atoms with Crippen LogP contribution in [0, 0.1) is 0 Å². The predicted octanol–water partition coefficient (Wildman–Crippen LogP) is 3.56. The maximum Gasteiger partial charge on any atom is 0.256 e. The number of likely N-dealkylation sites (tertiary alicyclic amines) is 1. The van der Waals surface area contributed by atoms with Crippen molar-refractivity contribution in [3.8, 4) is 11.3 Å². The van der Waals surface area contributed by atoms with Crippen LogP contribution in [0.5, 0.6) is 0 Å². The molecule has 0 atom stereocenters. The van der Waals surface area contributed by atoms with Gasteiger partial charge in [0.25, 0.3) is 5.56 Å². The van der Waals surface area contributed by atoms with Gasteiger partial charge in [-0.05, 0) is 68.9 Å². The van der Waals surface area contributed by atoms with Crippen LogP contribution in [-0.2, 0) is 10.0 Å². The normalized spacial score (nSPS) is 16.4. The fourth-order valence-electron chi connectivity index (χ4n) is 3.93. The van der Waals surface area contributed by atoms with Gasteiger partial charge in [-0.2, -0.15) is 4.31 Å². The van der Waals surface area contributed by atoms with E-state index < -0.39 is 10.0 Å². The molecule has 6 nitrogen and oxygen atoms in total. The van der Waals surface area contributed by atoms with E-state index in [1.54, 1.807) is 49.5 Å². The number of H-pyrrole nitrogens is 1. The first-order valence-corrected chi connectivity index (χ1v) is 11.7. The first-order valence-electron chi connectivity index (χ1n) is 9.86. The maximum absolute atomic E-state index is 13.1. The molecular weight excluding hydrogens is 422 g/mol.